The van der Waals surface area contributed by atoms with Crippen molar-refractivity contribution in [3.8, 4) is 0 Å². The molecule has 0 atom stereocenters. The minimum Gasteiger partial charge on any atom is -0.354 e. The summed E-state index contributed by atoms with van der Waals surface area (Å²) < 4.78 is 66.4. The van der Waals surface area contributed by atoms with Crippen LogP contribution in [0.4, 0.5) is 13.2 Å². The molecule has 9 nitrogen and oxygen atoms in total. The molecule has 0 aromatic carbocycles. The van der Waals surface area contributed by atoms with E-state index in [1.807, 2.05) is 20.8 Å². The van der Waals surface area contributed by atoms with Gasteiger partial charge in [0.1, 0.15) is 0 Å². The standard InChI is InChI=1S/C15H25F3N6O3S/c1-14(2,3)12-22-11(23-27-12)9-20-13(19-4)21-10-5-7-24(8-6-10)28(25,26)15(16,17)18/h10H,5-9H2,1-4H3,(H2,19,20,21). The molecule has 2 N–H and O–H groups in total. The number of sulfonamides is 1. The molecule has 1 saturated heterocycles. The number of hydrogen-bond acceptors (Lipinski definition) is 6. The van der Waals surface area contributed by atoms with E-state index in [4.69, 9.17) is 4.52 Å². The first-order valence-corrected chi connectivity index (χ1v) is 10.2. The largest absolute Gasteiger partial charge is 0.511 e. The van der Waals surface area contributed by atoms with Gasteiger partial charge in [-0.15, -0.1) is 0 Å². The molecule has 1 aliphatic heterocycles. The Morgan fingerprint density at radius 3 is 2.36 bits per heavy atom. The van der Waals surface area contributed by atoms with Crippen molar-refractivity contribution in [1.82, 2.24) is 25.1 Å². The number of nitrogens with zero attached hydrogens (tertiary/aromatic N) is 4. The summed E-state index contributed by atoms with van der Waals surface area (Å²) in [6.07, 6.45) is 0.457. The Morgan fingerprint density at radius 2 is 1.89 bits per heavy atom. The van der Waals surface area contributed by atoms with Crippen LogP contribution in [0.15, 0.2) is 9.52 Å². The van der Waals surface area contributed by atoms with Gasteiger partial charge >= 0.3 is 15.5 Å². The number of nitrogens with one attached hydrogen (secondary N) is 2. The molecule has 2 heterocycles. The lowest BCUT2D eigenvalue weighted by Gasteiger charge is -2.32. The zero-order chi connectivity index (χ0) is 21.2. The first kappa shape index (κ1) is 22.4. The second-order valence-electron chi connectivity index (χ2n) is 7.46. The maximum atomic E-state index is 12.6. The molecule has 2 rings (SSSR count). The summed E-state index contributed by atoms with van der Waals surface area (Å²) in [5, 5.41) is 9.96. The molecule has 160 valence electrons. The first-order valence-electron chi connectivity index (χ1n) is 8.71. The second-order valence-corrected chi connectivity index (χ2v) is 9.39. The van der Waals surface area contributed by atoms with Crippen LogP contribution in [0.25, 0.3) is 0 Å². The zero-order valence-electron chi connectivity index (χ0n) is 16.2. The maximum absolute atomic E-state index is 12.6. The van der Waals surface area contributed by atoms with E-state index in [0.717, 1.165) is 0 Å². The van der Waals surface area contributed by atoms with Crippen molar-refractivity contribution in [1.29, 1.82) is 0 Å². The van der Waals surface area contributed by atoms with Gasteiger partial charge in [0.05, 0.1) is 6.54 Å². The maximum Gasteiger partial charge on any atom is 0.511 e. The van der Waals surface area contributed by atoms with Crippen LogP contribution in [-0.2, 0) is 22.0 Å². The van der Waals surface area contributed by atoms with Crippen LogP contribution in [0.3, 0.4) is 0 Å². The van der Waals surface area contributed by atoms with Crippen LogP contribution in [0.5, 0.6) is 0 Å². The van der Waals surface area contributed by atoms with Crippen molar-refractivity contribution < 1.29 is 26.1 Å². The van der Waals surface area contributed by atoms with E-state index in [9.17, 15) is 21.6 Å². The predicted octanol–water partition coefficient (Wildman–Crippen LogP) is 1.35. The molecule has 0 saturated carbocycles. The van der Waals surface area contributed by atoms with Crippen molar-refractivity contribution in [2.24, 2.45) is 4.99 Å². The van der Waals surface area contributed by atoms with Crippen LogP contribution in [0.1, 0.15) is 45.3 Å². The van der Waals surface area contributed by atoms with Gasteiger partial charge in [0, 0.05) is 31.6 Å². The van der Waals surface area contributed by atoms with Gasteiger partial charge in [-0.05, 0) is 12.8 Å². The number of aliphatic imine (C=N–C) groups is 1. The van der Waals surface area contributed by atoms with E-state index < -0.39 is 15.5 Å². The number of guanidine groups is 1. The lowest BCUT2D eigenvalue weighted by Crippen LogP contribution is -2.51. The Balaban J connectivity index is 1.86. The molecule has 0 unspecified atom stereocenters. The molecule has 0 radical (unpaired) electrons. The molecule has 1 aliphatic rings. The van der Waals surface area contributed by atoms with Crippen LogP contribution in [0, 0.1) is 0 Å². The van der Waals surface area contributed by atoms with Gasteiger partial charge in [-0.3, -0.25) is 4.99 Å². The van der Waals surface area contributed by atoms with Crippen molar-refractivity contribution in [3.05, 3.63) is 11.7 Å². The number of halogens is 3. The first-order chi connectivity index (χ1) is 12.8. The average molecular weight is 426 g/mol. The van der Waals surface area contributed by atoms with Gasteiger partial charge < -0.3 is 15.2 Å². The Kier molecular flexibility index (Phi) is 6.58. The molecule has 13 heteroatoms. The quantitative estimate of drug-likeness (QED) is 0.552. The van der Waals surface area contributed by atoms with Crippen molar-refractivity contribution in [3.63, 3.8) is 0 Å². The summed E-state index contributed by atoms with van der Waals surface area (Å²) in [5.74, 6) is 1.36. The van der Waals surface area contributed by atoms with Crippen molar-refractivity contribution in [2.45, 2.75) is 57.1 Å². The molecule has 0 bridgehead atoms. The monoisotopic (exact) mass is 426 g/mol. The number of rotatable bonds is 4. The minimum absolute atomic E-state index is 0.207. The van der Waals surface area contributed by atoms with Gasteiger partial charge in [0.25, 0.3) is 0 Å². The SMILES string of the molecule is CN=C(NCc1noc(C(C)(C)C)n1)NC1CCN(S(=O)(=O)C(F)(F)F)CC1. The highest BCUT2D eigenvalue weighted by atomic mass is 32.2. The topological polar surface area (TPSA) is 113 Å². The van der Waals surface area contributed by atoms with E-state index in [2.05, 4.69) is 25.8 Å². The van der Waals surface area contributed by atoms with E-state index in [0.29, 0.717) is 22.0 Å². The molecule has 0 spiro atoms. The fraction of sp³-hybridized carbons (Fsp3) is 0.800. The van der Waals surface area contributed by atoms with Gasteiger partial charge in [-0.1, -0.05) is 25.9 Å². The summed E-state index contributed by atoms with van der Waals surface area (Å²) in [7, 11) is -3.73. The third kappa shape index (κ3) is 5.34. The number of aromatic nitrogens is 2. The minimum atomic E-state index is -5.28. The van der Waals surface area contributed by atoms with E-state index >= 15 is 0 Å². The molecule has 0 amide bonds. The van der Waals surface area contributed by atoms with Crippen LogP contribution in [0.2, 0.25) is 0 Å². The summed E-state index contributed by atoms with van der Waals surface area (Å²) in [4.78, 5) is 8.35. The normalized spacial score (nSPS) is 18.3. The predicted molar refractivity (Wildman–Crippen MR) is 95.9 cm³/mol. The highest BCUT2D eigenvalue weighted by Crippen LogP contribution is 2.29. The molecular formula is C15H25F3N6O3S. The number of alkyl halides is 3. The molecule has 28 heavy (non-hydrogen) atoms. The highest BCUT2D eigenvalue weighted by molar-refractivity contribution is 7.90. The molecule has 0 aliphatic carbocycles. The third-order valence-corrected chi connectivity index (χ3v) is 5.80. The molecule has 1 fully saturated rings. The molecule has 1 aromatic rings. The van der Waals surface area contributed by atoms with Gasteiger partial charge in [0.2, 0.25) is 5.89 Å². The summed E-state index contributed by atoms with van der Waals surface area (Å²) in [5.41, 5.74) is -5.54. The Bertz CT molecular complexity index is 793. The van der Waals surface area contributed by atoms with Crippen LogP contribution in [-0.4, -0.2) is 60.5 Å². The molecule has 1 aromatic heterocycles. The van der Waals surface area contributed by atoms with Gasteiger partial charge in [-0.25, -0.2) is 8.42 Å². The van der Waals surface area contributed by atoms with E-state index in [1.54, 1.807) is 7.05 Å². The van der Waals surface area contributed by atoms with E-state index in [1.165, 1.54) is 0 Å². The van der Waals surface area contributed by atoms with Crippen LogP contribution < -0.4 is 10.6 Å². The van der Waals surface area contributed by atoms with Gasteiger partial charge in [-0.2, -0.15) is 22.5 Å². The summed E-state index contributed by atoms with van der Waals surface area (Å²) in [6.45, 7) is 5.67. The summed E-state index contributed by atoms with van der Waals surface area (Å²) in [6, 6.07) is -0.207. The number of hydrogen-bond donors (Lipinski definition) is 2. The molecular weight excluding hydrogens is 401 g/mol. The number of piperidine rings is 1. The summed E-state index contributed by atoms with van der Waals surface area (Å²) >= 11 is 0. The van der Waals surface area contributed by atoms with Crippen molar-refractivity contribution >= 4 is 16.0 Å². The lowest BCUT2D eigenvalue weighted by molar-refractivity contribution is -0.0494. The van der Waals surface area contributed by atoms with E-state index in [-0.39, 0.29) is 43.9 Å². The van der Waals surface area contributed by atoms with Crippen LogP contribution >= 0.6 is 0 Å². The highest BCUT2D eigenvalue weighted by Gasteiger charge is 2.50. The second kappa shape index (κ2) is 8.23. The lowest BCUT2D eigenvalue weighted by atomic mass is 9.97. The zero-order valence-corrected chi connectivity index (χ0v) is 17.0. The smallest absolute Gasteiger partial charge is 0.354 e. The Hall–Kier alpha value is -1.89. The average Bonchev–Trinajstić information content (AvgIpc) is 3.07. The fourth-order valence-electron chi connectivity index (χ4n) is 2.57. The fourth-order valence-corrected chi connectivity index (χ4v) is 3.55. The third-order valence-electron chi connectivity index (χ3n) is 4.17. The Morgan fingerprint density at radius 1 is 1.29 bits per heavy atom. The Labute approximate surface area is 161 Å². The van der Waals surface area contributed by atoms with Gasteiger partial charge in [0.15, 0.2) is 11.8 Å². The van der Waals surface area contributed by atoms with Crippen molar-refractivity contribution in [2.75, 3.05) is 20.1 Å².